The van der Waals surface area contributed by atoms with Crippen molar-refractivity contribution in [3.8, 4) is 11.3 Å². The molecule has 2 heterocycles. The van der Waals surface area contributed by atoms with E-state index in [2.05, 4.69) is 62.4 Å². The van der Waals surface area contributed by atoms with Gasteiger partial charge in [0.1, 0.15) is 12.4 Å². The Morgan fingerprint density at radius 3 is 2.64 bits per heavy atom. The van der Waals surface area contributed by atoms with Crippen LogP contribution in [-0.4, -0.2) is 33.2 Å². The van der Waals surface area contributed by atoms with Crippen LogP contribution in [-0.2, 0) is 11.5 Å². The quantitative estimate of drug-likeness (QED) is 0.295. The second-order valence-electron chi connectivity index (χ2n) is 6.12. The molecular formula is C19H23N3OS2. The molecule has 0 bridgehead atoms. The maximum absolute atomic E-state index is 5.67. The van der Waals surface area contributed by atoms with Crippen LogP contribution in [0, 0.1) is 20.8 Å². The zero-order valence-electron chi connectivity index (χ0n) is 15.0. The van der Waals surface area contributed by atoms with Crippen molar-refractivity contribution in [2.45, 2.75) is 32.7 Å². The maximum atomic E-state index is 5.67. The van der Waals surface area contributed by atoms with Gasteiger partial charge >= 0.3 is 0 Å². The summed E-state index contributed by atoms with van der Waals surface area (Å²) in [4.78, 5) is 9.58. The van der Waals surface area contributed by atoms with Gasteiger partial charge < -0.3 is 9.30 Å². The summed E-state index contributed by atoms with van der Waals surface area (Å²) in [6.45, 7) is 7.44. The Kier molecular flexibility index (Phi) is 5.71. The minimum Gasteiger partial charge on any atom is -0.360 e. The molecule has 0 unspecified atom stereocenters. The Morgan fingerprint density at radius 1 is 1.16 bits per heavy atom. The van der Waals surface area contributed by atoms with Crippen molar-refractivity contribution in [2.24, 2.45) is 0 Å². The van der Waals surface area contributed by atoms with Crippen LogP contribution in [0.3, 0.4) is 0 Å². The lowest BCUT2D eigenvalue weighted by atomic mass is 10.0. The molecule has 0 saturated carbocycles. The average Bonchev–Trinajstić information content (AvgIpc) is 2.90. The van der Waals surface area contributed by atoms with E-state index in [0.717, 1.165) is 33.0 Å². The first-order valence-corrected chi connectivity index (χ1v) is 10.1. The molecule has 0 fully saturated rings. The zero-order chi connectivity index (χ0) is 18.0. The molecule has 132 valence electrons. The lowest BCUT2D eigenvalue weighted by Gasteiger charge is -2.11. The van der Waals surface area contributed by atoms with Crippen LogP contribution < -0.4 is 0 Å². The number of aryl methyl sites for hydroxylation is 3. The van der Waals surface area contributed by atoms with E-state index in [1.165, 1.54) is 11.1 Å². The first-order valence-electron chi connectivity index (χ1n) is 8.23. The summed E-state index contributed by atoms with van der Waals surface area (Å²) in [5.74, 6) is 0.705. The first kappa shape index (κ1) is 18.3. The molecule has 1 aromatic carbocycles. The number of thioether (sulfide) groups is 1. The van der Waals surface area contributed by atoms with Crippen LogP contribution in [0.1, 0.15) is 16.7 Å². The molecule has 2 aromatic heterocycles. The molecule has 4 nitrogen and oxygen atoms in total. The number of hydrogen-bond acceptors (Lipinski definition) is 5. The highest BCUT2D eigenvalue weighted by molar-refractivity contribution is 7.98. The molecule has 0 aliphatic heterocycles. The van der Waals surface area contributed by atoms with Crippen LogP contribution in [0.5, 0.6) is 0 Å². The molecule has 0 radical (unpaired) electrons. The Hall–Kier alpha value is -1.50. The topological polar surface area (TPSA) is 39.9 Å². The molecule has 0 N–H and O–H groups in total. The molecule has 0 aliphatic rings. The normalized spacial score (nSPS) is 11.4. The van der Waals surface area contributed by atoms with Gasteiger partial charge in [0.05, 0.1) is 12.3 Å². The zero-order valence-corrected chi connectivity index (χ0v) is 16.7. The molecule has 0 amide bonds. The van der Waals surface area contributed by atoms with Gasteiger partial charge in [0.25, 0.3) is 0 Å². The average molecular weight is 374 g/mol. The predicted octanol–water partition coefficient (Wildman–Crippen LogP) is 4.65. The minimum absolute atomic E-state index is 0.474. The highest BCUT2D eigenvalue weighted by Gasteiger charge is 2.17. The monoisotopic (exact) mass is 373 g/mol. The van der Waals surface area contributed by atoms with E-state index in [9.17, 15) is 0 Å². The van der Waals surface area contributed by atoms with Crippen LogP contribution in [0.15, 0.2) is 29.6 Å². The van der Waals surface area contributed by atoms with Crippen molar-refractivity contribution in [3.05, 3.63) is 41.1 Å². The summed E-state index contributed by atoms with van der Waals surface area (Å²) in [6.07, 6.45) is 4.10. The molecule has 0 spiro atoms. The second kappa shape index (κ2) is 7.81. The van der Waals surface area contributed by atoms with E-state index in [1.807, 2.05) is 6.26 Å². The van der Waals surface area contributed by atoms with E-state index in [0.29, 0.717) is 19.1 Å². The number of fused-ring (bicyclic) bond motifs is 1. The van der Waals surface area contributed by atoms with Gasteiger partial charge in [-0.05, 0) is 38.2 Å². The van der Waals surface area contributed by atoms with Crippen molar-refractivity contribution < 1.29 is 4.74 Å². The highest BCUT2D eigenvalue weighted by atomic mass is 32.2. The Morgan fingerprint density at radius 2 is 1.96 bits per heavy atom. The largest absolute Gasteiger partial charge is 0.360 e. The number of nitrogens with zero attached hydrogens (tertiary/aromatic N) is 3. The van der Waals surface area contributed by atoms with Gasteiger partial charge in [0.15, 0.2) is 5.16 Å². The van der Waals surface area contributed by atoms with E-state index in [4.69, 9.17) is 14.7 Å². The van der Waals surface area contributed by atoms with E-state index < -0.39 is 0 Å². The number of rotatable bonds is 6. The second-order valence-corrected chi connectivity index (χ2v) is 7.34. The molecule has 0 atom stereocenters. The smallest absolute Gasteiger partial charge is 0.189 e. The van der Waals surface area contributed by atoms with Gasteiger partial charge in [-0.25, -0.2) is 9.97 Å². The summed E-state index contributed by atoms with van der Waals surface area (Å²) >= 11 is 5.76. The predicted molar refractivity (Wildman–Crippen MR) is 109 cm³/mol. The molecule has 0 aliphatic carbocycles. The van der Waals surface area contributed by atoms with Crippen LogP contribution in [0.2, 0.25) is 0 Å². The third-order valence-electron chi connectivity index (χ3n) is 4.17. The number of aromatic nitrogens is 3. The fourth-order valence-corrected chi connectivity index (χ4v) is 3.54. The third kappa shape index (κ3) is 3.71. The number of ether oxygens (including phenoxy) is 1. The lowest BCUT2D eigenvalue weighted by Crippen LogP contribution is -2.05. The lowest BCUT2D eigenvalue weighted by molar-refractivity contribution is 0.0927. The van der Waals surface area contributed by atoms with E-state index in [-0.39, 0.29) is 0 Å². The summed E-state index contributed by atoms with van der Waals surface area (Å²) in [5, 5.41) is 1.87. The Labute approximate surface area is 158 Å². The fourth-order valence-electron chi connectivity index (χ4n) is 3.05. The van der Waals surface area contributed by atoms with Crippen molar-refractivity contribution in [3.63, 3.8) is 0 Å². The fraction of sp³-hybridized carbons (Fsp3) is 0.368. The molecule has 3 aromatic rings. The summed E-state index contributed by atoms with van der Waals surface area (Å²) in [6, 6.07) is 6.49. The van der Waals surface area contributed by atoms with Gasteiger partial charge in [0, 0.05) is 22.9 Å². The van der Waals surface area contributed by atoms with Crippen molar-refractivity contribution in [1.29, 1.82) is 0 Å². The van der Waals surface area contributed by atoms with Gasteiger partial charge in [-0.15, -0.1) is 0 Å². The SMILES string of the molecule is CSc1nc(-c2ccc(C)cc2C)c2c(C)cn(COCCS)c2n1. The maximum Gasteiger partial charge on any atom is 0.189 e. The van der Waals surface area contributed by atoms with Gasteiger partial charge in [-0.3, -0.25) is 0 Å². The van der Waals surface area contributed by atoms with E-state index >= 15 is 0 Å². The van der Waals surface area contributed by atoms with Crippen LogP contribution in [0.4, 0.5) is 0 Å². The molecule has 0 saturated heterocycles. The summed E-state index contributed by atoms with van der Waals surface area (Å²) in [5.41, 5.74) is 6.72. The standard InChI is InChI=1S/C19H23N3OS2/c1-12-5-6-15(13(2)9-12)17-16-14(3)10-22(11-23-7-8-24)18(16)21-19(20-17)25-4/h5-6,9-10,24H,7-8,11H2,1-4H3. The molecule has 3 rings (SSSR count). The van der Waals surface area contributed by atoms with Gasteiger partial charge in [-0.1, -0.05) is 35.5 Å². The Bertz CT molecular complexity index is 905. The Balaban J connectivity index is 2.20. The highest BCUT2D eigenvalue weighted by Crippen LogP contribution is 2.33. The van der Waals surface area contributed by atoms with Crippen LogP contribution in [0.25, 0.3) is 22.3 Å². The molecule has 25 heavy (non-hydrogen) atoms. The van der Waals surface area contributed by atoms with Crippen molar-refractivity contribution in [1.82, 2.24) is 14.5 Å². The molecular weight excluding hydrogens is 350 g/mol. The summed E-state index contributed by atoms with van der Waals surface area (Å²) in [7, 11) is 0. The van der Waals surface area contributed by atoms with Gasteiger partial charge in [0.2, 0.25) is 0 Å². The van der Waals surface area contributed by atoms with E-state index in [1.54, 1.807) is 11.8 Å². The summed E-state index contributed by atoms with van der Waals surface area (Å²) < 4.78 is 7.73. The number of thiol groups is 1. The minimum atomic E-state index is 0.474. The number of benzene rings is 1. The van der Waals surface area contributed by atoms with Crippen molar-refractivity contribution in [2.75, 3.05) is 18.6 Å². The first-order chi connectivity index (χ1) is 12.0. The van der Waals surface area contributed by atoms with Gasteiger partial charge in [-0.2, -0.15) is 12.6 Å². The molecule has 6 heteroatoms. The van der Waals surface area contributed by atoms with Crippen LogP contribution >= 0.6 is 24.4 Å². The third-order valence-corrected chi connectivity index (χ3v) is 4.90. The number of hydrogen-bond donors (Lipinski definition) is 1. The van der Waals surface area contributed by atoms with Crippen molar-refractivity contribution >= 4 is 35.4 Å².